The number of hydrogen-bond acceptors (Lipinski definition) is 4. The molecule has 0 spiro atoms. The van der Waals surface area contributed by atoms with Crippen LogP contribution in [0.5, 0.6) is 0 Å². The monoisotopic (exact) mass is 478 g/mol. The molecule has 0 aliphatic rings. The number of alkyl halides is 3. The van der Waals surface area contributed by atoms with Crippen LogP contribution in [0.4, 0.5) is 13.2 Å². The molecule has 2 aromatic carbocycles. The fraction of sp³-hybridized carbons (Fsp3) is 0.0909. The quantitative estimate of drug-likeness (QED) is 0.383. The van der Waals surface area contributed by atoms with E-state index in [0.29, 0.717) is 21.3 Å². The van der Waals surface area contributed by atoms with Crippen LogP contribution in [0, 0.1) is 0 Å². The third kappa shape index (κ3) is 3.79. The summed E-state index contributed by atoms with van der Waals surface area (Å²) in [6.07, 6.45) is -3.34. The van der Waals surface area contributed by atoms with Crippen molar-refractivity contribution in [3.05, 3.63) is 81.3 Å². The van der Waals surface area contributed by atoms with E-state index in [1.54, 1.807) is 18.2 Å². The highest BCUT2D eigenvalue weighted by atomic mass is 35.5. The van der Waals surface area contributed by atoms with Crippen molar-refractivity contribution in [1.29, 1.82) is 0 Å². The molecule has 2 heterocycles. The van der Waals surface area contributed by atoms with Crippen molar-refractivity contribution in [3.8, 4) is 11.1 Å². The van der Waals surface area contributed by atoms with Gasteiger partial charge in [0, 0.05) is 23.2 Å². The minimum Gasteiger partial charge on any atom is -0.478 e. The van der Waals surface area contributed by atoms with E-state index in [2.05, 4.69) is 0 Å². The summed E-state index contributed by atoms with van der Waals surface area (Å²) < 4.78 is 42.5. The van der Waals surface area contributed by atoms with Gasteiger partial charge in [-0.3, -0.25) is 9.36 Å². The SMILES string of the molecule is NCc1cc2c(s1)c(-c1ccc(C(=O)O)cc1)cn2C(=O)c1c(Cl)cccc1C(F)(F)F. The summed E-state index contributed by atoms with van der Waals surface area (Å²) in [4.78, 5) is 25.2. The second-order valence-corrected chi connectivity index (χ2v) is 8.44. The summed E-state index contributed by atoms with van der Waals surface area (Å²) in [6, 6.07) is 10.8. The van der Waals surface area contributed by atoms with Crippen LogP contribution in [0.25, 0.3) is 21.3 Å². The molecule has 3 N–H and O–H groups in total. The molecule has 10 heteroatoms. The number of fused-ring (bicyclic) bond motifs is 1. The van der Waals surface area contributed by atoms with E-state index in [0.717, 1.165) is 21.6 Å². The highest BCUT2D eigenvalue weighted by Gasteiger charge is 2.37. The summed E-state index contributed by atoms with van der Waals surface area (Å²) in [7, 11) is 0. The Labute approximate surface area is 188 Å². The fourth-order valence-electron chi connectivity index (χ4n) is 3.42. The summed E-state index contributed by atoms with van der Waals surface area (Å²) in [6.45, 7) is 0.185. The summed E-state index contributed by atoms with van der Waals surface area (Å²) >= 11 is 7.33. The van der Waals surface area contributed by atoms with Gasteiger partial charge in [-0.25, -0.2) is 4.79 Å². The molecule has 0 aliphatic carbocycles. The first-order valence-electron chi connectivity index (χ1n) is 9.19. The standard InChI is InChI=1S/C22H14ClF3N2O3S/c23-16-3-1-2-15(22(24,25)26)18(16)20(29)28-10-14(19-17(28)8-13(9-27)32-19)11-4-6-12(7-5-11)21(30)31/h1-8,10H,9,27H2,(H,30,31). The van der Waals surface area contributed by atoms with Crippen LogP contribution in [0.2, 0.25) is 5.02 Å². The Morgan fingerprint density at radius 3 is 2.41 bits per heavy atom. The van der Waals surface area contributed by atoms with Crippen LogP contribution < -0.4 is 5.73 Å². The van der Waals surface area contributed by atoms with Gasteiger partial charge in [0.2, 0.25) is 0 Å². The van der Waals surface area contributed by atoms with Gasteiger partial charge in [-0.05, 0) is 35.9 Å². The zero-order chi connectivity index (χ0) is 23.2. The second kappa shape index (κ2) is 8.09. The number of carbonyl (C=O) groups excluding carboxylic acids is 1. The molecular weight excluding hydrogens is 465 g/mol. The van der Waals surface area contributed by atoms with Gasteiger partial charge in [-0.1, -0.05) is 29.8 Å². The number of thiophene rings is 1. The Morgan fingerprint density at radius 1 is 1.12 bits per heavy atom. The molecule has 0 saturated heterocycles. The molecule has 0 bridgehead atoms. The lowest BCUT2D eigenvalue weighted by Crippen LogP contribution is -2.18. The number of aromatic carboxylic acids is 1. The molecule has 32 heavy (non-hydrogen) atoms. The zero-order valence-electron chi connectivity index (χ0n) is 16.1. The molecule has 4 rings (SSSR count). The van der Waals surface area contributed by atoms with E-state index < -0.39 is 29.2 Å². The molecule has 4 aromatic rings. The van der Waals surface area contributed by atoms with Gasteiger partial charge < -0.3 is 10.8 Å². The van der Waals surface area contributed by atoms with Crippen molar-refractivity contribution < 1.29 is 27.9 Å². The van der Waals surface area contributed by atoms with Gasteiger partial charge in [0.05, 0.1) is 31.9 Å². The van der Waals surface area contributed by atoms with Crippen molar-refractivity contribution in [2.75, 3.05) is 0 Å². The van der Waals surface area contributed by atoms with E-state index in [1.165, 1.54) is 35.7 Å². The molecule has 0 aliphatic heterocycles. The molecule has 2 aromatic heterocycles. The molecule has 0 saturated carbocycles. The van der Waals surface area contributed by atoms with Gasteiger partial charge in [0.25, 0.3) is 5.91 Å². The maximum atomic E-state index is 13.6. The van der Waals surface area contributed by atoms with Gasteiger partial charge in [-0.2, -0.15) is 13.2 Å². The number of rotatable bonds is 4. The first-order chi connectivity index (χ1) is 15.1. The van der Waals surface area contributed by atoms with E-state index in [1.807, 2.05) is 0 Å². The first-order valence-corrected chi connectivity index (χ1v) is 10.4. The Bertz CT molecular complexity index is 1360. The summed E-state index contributed by atoms with van der Waals surface area (Å²) in [5, 5.41) is 8.80. The van der Waals surface area contributed by atoms with Crippen molar-refractivity contribution in [1.82, 2.24) is 4.57 Å². The number of hydrogen-bond donors (Lipinski definition) is 2. The maximum Gasteiger partial charge on any atom is 0.417 e. The highest BCUT2D eigenvalue weighted by molar-refractivity contribution is 7.19. The molecule has 0 amide bonds. The van der Waals surface area contributed by atoms with Crippen molar-refractivity contribution in [3.63, 3.8) is 0 Å². The number of nitrogens with two attached hydrogens (primary N) is 1. The molecule has 164 valence electrons. The second-order valence-electron chi connectivity index (χ2n) is 6.89. The van der Waals surface area contributed by atoms with Crippen LogP contribution in [0.3, 0.4) is 0 Å². The maximum absolute atomic E-state index is 13.6. The lowest BCUT2D eigenvalue weighted by molar-refractivity contribution is -0.137. The van der Waals surface area contributed by atoms with Crippen LogP contribution in [0.15, 0.2) is 54.7 Å². The Hall–Kier alpha value is -3.14. The van der Waals surface area contributed by atoms with Crippen LogP contribution in [-0.2, 0) is 12.7 Å². The summed E-state index contributed by atoms with van der Waals surface area (Å²) in [5.41, 5.74) is 5.61. The highest BCUT2D eigenvalue weighted by Crippen LogP contribution is 2.40. The Morgan fingerprint density at radius 2 is 1.81 bits per heavy atom. The van der Waals surface area contributed by atoms with Gasteiger partial charge >= 0.3 is 12.1 Å². The number of carboxylic acid groups (broad SMARTS) is 1. The average Bonchev–Trinajstić information content (AvgIpc) is 3.31. The van der Waals surface area contributed by atoms with Crippen molar-refractivity contribution in [2.45, 2.75) is 12.7 Å². The molecule has 0 unspecified atom stereocenters. The van der Waals surface area contributed by atoms with E-state index >= 15 is 0 Å². The van der Waals surface area contributed by atoms with Gasteiger partial charge in [0.15, 0.2) is 0 Å². The normalized spacial score (nSPS) is 11.8. The Kier molecular flexibility index (Phi) is 5.58. The van der Waals surface area contributed by atoms with Crippen LogP contribution in [-0.4, -0.2) is 21.6 Å². The largest absolute Gasteiger partial charge is 0.478 e. The zero-order valence-corrected chi connectivity index (χ0v) is 17.7. The third-order valence-corrected chi connectivity index (χ3v) is 6.42. The van der Waals surface area contributed by atoms with Crippen molar-refractivity contribution >= 4 is 45.0 Å². The predicted octanol–water partition coefficient (Wildman–Crippen LogP) is 5.89. The summed E-state index contributed by atoms with van der Waals surface area (Å²) in [5.74, 6) is -2.02. The number of carboxylic acids is 1. The molecule has 0 radical (unpaired) electrons. The molecular formula is C22H14ClF3N2O3S. The predicted molar refractivity (Wildman–Crippen MR) is 116 cm³/mol. The van der Waals surface area contributed by atoms with Gasteiger partial charge in [0.1, 0.15) is 0 Å². The fourth-order valence-corrected chi connectivity index (χ4v) is 4.74. The molecule has 0 fully saturated rings. The lowest BCUT2D eigenvalue weighted by Gasteiger charge is -2.14. The third-order valence-electron chi connectivity index (χ3n) is 4.92. The van der Waals surface area contributed by atoms with Crippen LogP contribution in [0.1, 0.15) is 31.2 Å². The first kappa shape index (κ1) is 22.1. The molecule has 5 nitrogen and oxygen atoms in total. The van der Waals surface area contributed by atoms with Crippen LogP contribution >= 0.6 is 22.9 Å². The lowest BCUT2D eigenvalue weighted by atomic mass is 10.1. The number of carbonyl (C=O) groups is 2. The topological polar surface area (TPSA) is 85.3 Å². The number of halogens is 4. The number of benzene rings is 2. The molecule has 0 atom stereocenters. The minimum atomic E-state index is -4.77. The number of aromatic nitrogens is 1. The van der Waals surface area contributed by atoms with E-state index in [-0.39, 0.29) is 17.1 Å². The number of nitrogens with zero attached hydrogens (tertiary/aromatic N) is 1. The van der Waals surface area contributed by atoms with E-state index in [9.17, 15) is 22.8 Å². The van der Waals surface area contributed by atoms with E-state index in [4.69, 9.17) is 22.4 Å². The minimum absolute atomic E-state index is 0.0835. The average molecular weight is 479 g/mol. The smallest absolute Gasteiger partial charge is 0.417 e. The Balaban J connectivity index is 1.93. The van der Waals surface area contributed by atoms with Gasteiger partial charge in [-0.15, -0.1) is 11.3 Å². The van der Waals surface area contributed by atoms with Crippen molar-refractivity contribution in [2.24, 2.45) is 5.73 Å².